The number of nitrogens with one attached hydrogen (secondary N) is 1. The summed E-state index contributed by atoms with van der Waals surface area (Å²) in [6.07, 6.45) is 2.93. The first-order valence-electron chi connectivity index (χ1n) is 8.00. The minimum atomic E-state index is 0.0207. The van der Waals surface area contributed by atoms with Crippen molar-refractivity contribution in [2.45, 2.75) is 32.3 Å². The molecule has 1 atom stereocenters. The molecule has 0 aliphatic carbocycles. The Bertz CT molecular complexity index is 479. The van der Waals surface area contributed by atoms with Crippen molar-refractivity contribution < 1.29 is 14.3 Å². The second-order valence-corrected chi connectivity index (χ2v) is 5.58. The van der Waals surface area contributed by atoms with Crippen LogP contribution in [0.25, 0.3) is 0 Å². The number of rotatable bonds is 6. The number of ether oxygens (including phenoxy) is 2. The fourth-order valence-corrected chi connectivity index (χ4v) is 2.57. The Morgan fingerprint density at radius 1 is 1.50 bits per heavy atom. The average molecular weight is 306 g/mol. The highest BCUT2D eigenvalue weighted by atomic mass is 16.5. The van der Waals surface area contributed by atoms with Gasteiger partial charge < -0.3 is 19.7 Å². The van der Waals surface area contributed by atoms with E-state index >= 15 is 0 Å². The molecule has 1 aliphatic heterocycles. The Balaban J connectivity index is 1.85. The molecule has 0 spiro atoms. The van der Waals surface area contributed by atoms with Gasteiger partial charge in [-0.15, -0.1) is 0 Å². The van der Waals surface area contributed by atoms with Gasteiger partial charge in [-0.2, -0.15) is 0 Å². The van der Waals surface area contributed by atoms with Crippen molar-refractivity contribution in [3.05, 3.63) is 29.8 Å². The molecule has 0 aromatic heterocycles. The Morgan fingerprint density at radius 3 is 3.14 bits per heavy atom. The van der Waals surface area contributed by atoms with Crippen molar-refractivity contribution in [3.8, 4) is 5.75 Å². The van der Waals surface area contributed by atoms with Crippen LogP contribution in [0.15, 0.2) is 24.3 Å². The van der Waals surface area contributed by atoms with E-state index in [9.17, 15) is 4.79 Å². The summed E-state index contributed by atoms with van der Waals surface area (Å²) in [5.41, 5.74) is 1.16. The van der Waals surface area contributed by atoms with Crippen LogP contribution in [0, 0.1) is 0 Å². The number of methoxy groups -OCH3 is 1. The summed E-state index contributed by atoms with van der Waals surface area (Å²) in [6, 6.07) is 8.01. The van der Waals surface area contributed by atoms with Gasteiger partial charge in [0, 0.05) is 26.1 Å². The van der Waals surface area contributed by atoms with Gasteiger partial charge in [0.1, 0.15) is 5.75 Å². The molecule has 2 amide bonds. The van der Waals surface area contributed by atoms with E-state index in [-0.39, 0.29) is 12.1 Å². The van der Waals surface area contributed by atoms with E-state index < -0.39 is 0 Å². The van der Waals surface area contributed by atoms with Crippen molar-refractivity contribution in [3.63, 3.8) is 0 Å². The molecule has 1 saturated heterocycles. The first-order valence-corrected chi connectivity index (χ1v) is 8.00. The summed E-state index contributed by atoms with van der Waals surface area (Å²) in [5, 5.41) is 2.97. The van der Waals surface area contributed by atoms with Crippen LogP contribution in [0.3, 0.4) is 0 Å². The van der Waals surface area contributed by atoms with Crippen LogP contribution in [0.2, 0.25) is 0 Å². The zero-order valence-electron chi connectivity index (χ0n) is 13.5. The molecule has 122 valence electrons. The van der Waals surface area contributed by atoms with Crippen molar-refractivity contribution >= 4 is 6.03 Å². The largest absolute Gasteiger partial charge is 0.497 e. The first-order chi connectivity index (χ1) is 10.7. The molecule has 1 fully saturated rings. The highest BCUT2D eigenvalue weighted by Gasteiger charge is 2.24. The molecule has 5 heteroatoms. The van der Waals surface area contributed by atoms with Crippen LogP contribution in [0.1, 0.15) is 25.3 Å². The number of hydrogen-bond donors (Lipinski definition) is 1. The quantitative estimate of drug-likeness (QED) is 0.821. The predicted molar refractivity (Wildman–Crippen MR) is 86.3 cm³/mol. The van der Waals surface area contributed by atoms with Crippen LogP contribution in [0.4, 0.5) is 4.79 Å². The Hall–Kier alpha value is -1.75. The number of carbonyl (C=O) groups is 1. The zero-order chi connectivity index (χ0) is 15.8. The third-order valence-electron chi connectivity index (χ3n) is 3.83. The molecule has 5 nitrogen and oxygen atoms in total. The fourth-order valence-electron chi connectivity index (χ4n) is 2.57. The molecule has 2 rings (SSSR count). The summed E-state index contributed by atoms with van der Waals surface area (Å²) in [6.45, 7) is 4.75. The normalized spacial score (nSPS) is 18.1. The third kappa shape index (κ3) is 4.91. The number of morpholine rings is 1. The lowest BCUT2D eigenvalue weighted by Gasteiger charge is -2.33. The van der Waals surface area contributed by atoms with Crippen LogP contribution in [0.5, 0.6) is 5.75 Å². The summed E-state index contributed by atoms with van der Waals surface area (Å²) in [4.78, 5) is 14.0. The smallest absolute Gasteiger partial charge is 0.317 e. The van der Waals surface area contributed by atoms with E-state index in [0.717, 1.165) is 37.1 Å². The van der Waals surface area contributed by atoms with Gasteiger partial charge in [-0.1, -0.05) is 25.5 Å². The van der Waals surface area contributed by atoms with E-state index in [2.05, 4.69) is 18.3 Å². The lowest BCUT2D eigenvalue weighted by molar-refractivity contribution is -0.0132. The van der Waals surface area contributed by atoms with Gasteiger partial charge >= 0.3 is 6.03 Å². The molecule has 1 N–H and O–H groups in total. The van der Waals surface area contributed by atoms with Gasteiger partial charge in [0.25, 0.3) is 0 Å². The second kappa shape index (κ2) is 8.63. The van der Waals surface area contributed by atoms with E-state index in [4.69, 9.17) is 9.47 Å². The molecular weight excluding hydrogens is 280 g/mol. The first kappa shape index (κ1) is 16.6. The number of carbonyl (C=O) groups excluding carboxylic acids is 1. The summed E-state index contributed by atoms with van der Waals surface area (Å²) in [7, 11) is 1.67. The van der Waals surface area contributed by atoms with Gasteiger partial charge in [-0.05, 0) is 24.1 Å². The monoisotopic (exact) mass is 306 g/mol. The summed E-state index contributed by atoms with van der Waals surface area (Å²) < 4.78 is 11.0. The highest BCUT2D eigenvalue weighted by molar-refractivity contribution is 5.74. The lowest BCUT2D eigenvalue weighted by atomic mass is 10.1. The highest BCUT2D eigenvalue weighted by Crippen LogP contribution is 2.17. The van der Waals surface area contributed by atoms with Crippen LogP contribution in [-0.2, 0) is 11.2 Å². The molecule has 1 heterocycles. The van der Waals surface area contributed by atoms with Gasteiger partial charge in [0.2, 0.25) is 0 Å². The minimum Gasteiger partial charge on any atom is -0.497 e. The SMILES string of the molecule is CCCCNC(=O)N1CCO[C@H](Cc2cccc(OC)c2)C1. The molecule has 1 aromatic rings. The van der Waals surface area contributed by atoms with Crippen LogP contribution >= 0.6 is 0 Å². The number of urea groups is 1. The minimum absolute atomic E-state index is 0.0207. The Labute approximate surface area is 132 Å². The number of hydrogen-bond acceptors (Lipinski definition) is 3. The molecule has 0 bridgehead atoms. The third-order valence-corrected chi connectivity index (χ3v) is 3.83. The van der Waals surface area contributed by atoms with Crippen molar-refractivity contribution in [1.82, 2.24) is 10.2 Å². The van der Waals surface area contributed by atoms with Crippen LogP contribution in [-0.4, -0.2) is 50.4 Å². The number of benzene rings is 1. The molecule has 1 aromatic carbocycles. The van der Waals surface area contributed by atoms with Gasteiger partial charge in [-0.3, -0.25) is 0 Å². The number of amides is 2. The maximum Gasteiger partial charge on any atom is 0.317 e. The van der Waals surface area contributed by atoms with E-state index in [0.29, 0.717) is 19.7 Å². The lowest BCUT2D eigenvalue weighted by Crippen LogP contribution is -2.50. The second-order valence-electron chi connectivity index (χ2n) is 5.58. The molecule has 0 saturated carbocycles. The Morgan fingerprint density at radius 2 is 2.36 bits per heavy atom. The van der Waals surface area contributed by atoms with E-state index in [1.165, 1.54) is 0 Å². The molecule has 0 radical (unpaired) electrons. The number of unbranched alkanes of at least 4 members (excludes halogenated alkanes) is 1. The average Bonchev–Trinajstić information content (AvgIpc) is 2.55. The summed E-state index contributed by atoms with van der Waals surface area (Å²) in [5.74, 6) is 0.850. The van der Waals surface area contributed by atoms with Crippen molar-refractivity contribution in [2.75, 3.05) is 33.4 Å². The van der Waals surface area contributed by atoms with Gasteiger partial charge in [0.15, 0.2) is 0 Å². The Kier molecular flexibility index (Phi) is 6.52. The molecule has 1 aliphatic rings. The fraction of sp³-hybridized carbons (Fsp3) is 0.588. The van der Waals surface area contributed by atoms with Crippen LogP contribution < -0.4 is 10.1 Å². The zero-order valence-corrected chi connectivity index (χ0v) is 13.5. The standard InChI is InChI=1S/C17H26N2O3/c1-3-4-8-18-17(20)19-9-10-22-16(13-19)12-14-6-5-7-15(11-14)21-2/h5-7,11,16H,3-4,8-10,12-13H2,1-2H3,(H,18,20)/t16-/m1/s1. The van der Waals surface area contributed by atoms with Gasteiger partial charge in [0.05, 0.1) is 19.8 Å². The summed E-state index contributed by atoms with van der Waals surface area (Å²) >= 11 is 0. The molecule has 0 unspecified atom stereocenters. The van der Waals surface area contributed by atoms with E-state index in [1.54, 1.807) is 7.11 Å². The number of nitrogens with zero attached hydrogens (tertiary/aromatic N) is 1. The van der Waals surface area contributed by atoms with Crippen molar-refractivity contribution in [2.24, 2.45) is 0 Å². The maximum atomic E-state index is 12.1. The van der Waals surface area contributed by atoms with Crippen molar-refractivity contribution in [1.29, 1.82) is 0 Å². The van der Waals surface area contributed by atoms with E-state index in [1.807, 2.05) is 23.1 Å². The maximum absolute atomic E-state index is 12.1. The van der Waals surface area contributed by atoms with Gasteiger partial charge in [-0.25, -0.2) is 4.79 Å². The topological polar surface area (TPSA) is 50.8 Å². The molecular formula is C17H26N2O3. The molecule has 22 heavy (non-hydrogen) atoms. The predicted octanol–water partition coefficient (Wildman–Crippen LogP) is 2.45.